The van der Waals surface area contributed by atoms with Gasteiger partial charge in [0.05, 0.1) is 0 Å². The Morgan fingerprint density at radius 2 is 2.03 bits per heavy atom. The average molecular weight is 409 g/mol. The van der Waals surface area contributed by atoms with Gasteiger partial charge in [0.1, 0.15) is 5.60 Å². The summed E-state index contributed by atoms with van der Waals surface area (Å²) in [5.74, 6) is -0.657. The summed E-state index contributed by atoms with van der Waals surface area (Å²) in [6, 6.07) is 7.34. The predicted molar refractivity (Wildman–Crippen MR) is 111 cm³/mol. The van der Waals surface area contributed by atoms with E-state index < -0.39 is 22.7 Å². The van der Waals surface area contributed by atoms with E-state index in [1.807, 2.05) is 24.3 Å². The number of ether oxygens (including phenoxy) is 1. The molecule has 0 unspecified atom stereocenters. The second kappa shape index (κ2) is 11.2. The zero-order valence-corrected chi connectivity index (χ0v) is 17.1. The number of guanidine groups is 1. The summed E-state index contributed by atoms with van der Waals surface area (Å²) in [5, 5.41) is 20.7. The van der Waals surface area contributed by atoms with Crippen LogP contribution in [0.5, 0.6) is 0 Å². The number of amides is 1. The number of hydrogen-bond donors (Lipinski definition) is 5. The van der Waals surface area contributed by atoms with Crippen molar-refractivity contribution >= 4 is 17.7 Å². The Labute approximate surface area is 170 Å². The van der Waals surface area contributed by atoms with Crippen molar-refractivity contribution in [1.82, 2.24) is 15.6 Å². The van der Waals surface area contributed by atoms with Crippen molar-refractivity contribution in [2.45, 2.75) is 51.8 Å². The van der Waals surface area contributed by atoms with Crippen LogP contribution in [0.15, 0.2) is 24.3 Å². The lowest BCUT2D eigenvalue weighted by Gasteiger charge is -2.26. The molecule has 0 radical (unpaired) electrons. The zero-order valence-electron chi connectivity index (χ0n) is 17.1. The molecule has 0 aliphatic heterocycles. The van der Waals surface area contributed by atoms with Gasteiger partial charge >= 0.3 is 6.09 Å². The van der Waals surface area contributed by atoms with Crippen LogP contribution in [0.3, 0.4) is 0 Å². The summed E-state index contributed by atoms with van der Waals surface area (Å²) in [5.41, 5.74) is 14.6. The quantitative estimate of drug-likeness (QED) is 0.134. The third-order valence-electron chi connectivity index (χ3n) is 3.81. The number of nitrogens with one attached hydrogen (secondary N) is 3. The largest absolute Gasteiger partial charge is 0.443 e. The Kier molecular flexibility index (Phi) is 9.29. The van der Waals surface area contributed by atoms with E-state index in [1.165, 1.54) is 0 Å². The number of para-hydroxylation sites is 1. The van der Waals surface area contributed by atoms with Crippen LogP contribution in [-0.2, 0) is 11.3 Å². The third-order valence-corrected chi connectivity index (χ3v) is 3.81. The molecule has 0 fully saturated rings. The molecule has 1 amide bonds. The van der Waals surface area contributed by atoms with Gasteiger partial charge < -0.3 is 21.5 Å². The highest BCUT2D eigenvalue weighted by molar-refractivity contribution is 5.91. The van der Waals surface area contributed by atoms with Crippen molar-refractivity contribution in [3.8, 4) is 0 Å². The molecule has 0 heterocycles. The molecule has 0 saturated carbocycles. The Morgan fingerprint density at radius 3 is 2.62 bits per heavy atom. The number of hydrazine groups is 1. The first-order valence-electron chi connectivity index (χ1n) is 9.29. The summed E-state index contributed by atoms with van der Waals surface area (Å²) in [7, 11) is 0. The van der Waals surface area contributed by atoms with Gasteiger partial charge in [-0.05, 0) is 45.2 Å². The van der Waals surface area contributed by atoms with E-state index in [2.05, 4.69) is 5.32 Å². The van der Waals surface area contributed by atoms with Crippen molar-refractivity contribution < 1.29 is 14.6 Å². The van der Waals surface area contributed by atoms with Gasteiger partial charge in [-0.1, -0.05) is 23.6 Å². The second-order valence-electron chi connectivity index (χ2n) is 7.58. The number of rotatable bonds is 9. The van der Waals surface area contributed by atoms with Gasteiger partial charge in [-0.2, -0.15) is 0 Å². The van der Waals surface area contributed by atoms with E-state index in [0.29, 0.717) is 31.6 Å². The van der Waals surface area contributed by atoms with Gasteiger partial charge in [-0.25, -0.2) is 19.8 Å². The number of nitrogens with two attached hydrogens (primary N) is 2. The highest BCUT2D eigenvalue weighted by atomic mass is 16.7. The first kappa shape index (κ1) is 24.1. The summed E-state index contributed by atoms with van der Waals surface area (Å²) >= 11 is 0. The Balaban J connectivity index is 2.49. The van der Waals surface area contributed by atoms with Crippen LogP contribution in [0, 0.1) is 15.5 Å². The summed E-state index contributed by atoms with van der Waals surface area (Å²) in [4.78, 5) is 23.8. The Morgan fingerprint density at radius 1 is 1.38 bits per heavy atom. The summed E-state index contributed by atoms with van der Waals surface area (Å²) in [6.07, 6.45) is 0.155. The second-order valence-corrected chi connectivity index (χ2v) is 7.58. The predicted octanol–water partition coefficient (Wildman–Crippen LogP) is 1.42. The molecule has 162 valence electrons. The number of anilines is 1. The summed E-state index contributed by atoms with van der Waals surface area (Å²) < 4.78 is 5.21. The molecule has 1 rings (SSSR count). The van der Waals surface area contributed by atoms with Crippen LogP contribution in [0.4, 0.5) is 10.5 Å². The third kappa shape index (κ3) is 9.72. The highest BCUT2D eigenvalue weighted by Crippen LogP contribution is 2.12. The van der Waals surface area contributed by atoms with E-state index in [4.69, 9.17) is 21.6 Å². The molecule has 1 aromatic carbocycles. The van der Waals surface area contributed by atoms with E-state index in [9.17, 15) is 14.9 Å². The minimum atomic E-state index is -0.898. The lowest BCUT2D eigenvalue weighted by atomic mass is 10.1. The fourth-order valence-corrected chi connectivity index (χ4v) is 2.46. The van der Waals surface area contributed by atoms with Crippen LogP contribution in [0.1, 0.15) is 39.2 Å². The van der Waals surface area contributed by atoms with Crippen molar-refractivity contribution in [2.24, 2.45) is 5.73 Å². The number of nitrogens with zero attached hydrogens (tertiary/aromatic N) is 2. The van der Waals surface area contributed by atoms with E-state index >= 15 is 0 Å². The number of nitro groups is 1. The van der Waals surface area contributed by atoms with Crippen LogP contribution < -0.4 is 22.2 Å². The molecule has 1 atom stereocenters. The molecule has 0 aliphatic carbocycles. The lowest BCUT2D eigenvalue weighted by molar-refractivity contribution is -0.526. The van der Waals surface area contributed by atoms with Gasteiger partial charge in [0, 0.05) is 31.4 Å². The zero-order chi connectivity index (χ0) is 22.0. The standard InChI is InChI=1S/C18H31N7O4/c1-18(2,3)29-17(26)24(16(21)23-25(27)28)10-6-8-14(19)12-22-11-13-7-4-5-9-15(13)20/h4-5,7,9,14,22H,6,8,10-12,19-20H2,1-3H3,(H2,21,23)/t14-/m0/s1. The molecular weight excluding hydrogens is 378 g/mol. The van der Waals surface area contributed by atoms with Crippen molar-refractivity contribution in [1.29, 1.82) is 5.41 Å². The monoisotopic (exact) mass is 409 g/mol. The maximum absolute atomic E-state index is 12.3. The smallest absolute Gasteiger partial charge is 0.417 e. The molecule has 7 N–H and O–H groups in total. The van der Waals surface area contributed by atoms with Gasteiger partial charge in [-0.3, -0.25) is 5.41 Å². The van der Waals surface area contributed by atoms with E-state index in [0.717, 1.165) is 10.5 Å². The Hall–Kier alpha value is -2.92. The molecule has 0 aliphatic rings. The fraction of sp³-hybridized carbons (Fsp3) is 0.556. The van der Waals surface area contributed by atoms with Crippen molar-refractivity contribution in [2.75, 3.05) is 18.8 Å². The molecule has 11 heteroatoms. The normalized spacial score (nSPS) is 12.1. The Bertz CT molecular complexity index is 706. The topological polar surface area (TPSA) is 173 Å². The molecular formula is C18H31N7O4. The van der Waals surface area contributed by atoms with Crippen molar-refractivity contribution in [3.63, 3.8) is 0 Å². The van der Waals surface area contributed by atoms with Crippen LogP contribution in [-0.4, -0.2) is 46.7 Å². The first-order valence-corrected chi connectivity index (χ1v) is 9.29. The minimum absolute atomic E-state index is 0.0634. The number of carbonyl (C=O) groups excluding carboxylic acids is 1. The van der Waals surface area contributed by atoms with Gasteiger partial charge in [0.2, 0.25) is 0 Å². The maximum Gasteiger partial charge on any atom is 0.417 e. The van der Waals surface area contributed by atoms with Crippen LogP contribution in [0.25, 0.3) is 0 Å². The van der Waals surface area contributed by atoms with Gasteiger partial charge in [0.25, 0.3) is 5.96 Å². The van der Waals surface area contributed by atoms with E-state index in [1.54, 1.807) is 26.2 Å². The summed E-state index contributed by atoms with van der Waals surface area (Å²) in [6.45, 7) is 6.21. The number of hydrogen-bond acceptors (Lipinski definition) is 8. The average Bonchev–Trinajstić information content (AvgIpc) is 2.58. The van der Waals surface area contributed by atoms with Crippen LogP contribution in [0.2, 0.25) is 0 Å². The highest BCUT2D eigenvalue weighted by Gasteiger charge is 2.27. The van der Waals surface area contributed by atoms with Gasteiger partial charge in [0.15, 0.2) is 5.03 Å². The number of benzene rings is 1. The van der Waals surface area contributed by atoms with Gasteiger partial charge in [-0.15, -0.1) is 0 Å². The minimum Gasteiger partial charge on any atom is -0.443 e. The first-order chi connectivity index (χ1) is 13.5. The molecule has 0 aromatic heterocycles. The molecule has 11 nitrogen and oxygen atoms in total. The molecule has 0 saturated heterocycles. The lowest BCUT2D eigenvalue weighted by Crippen LogP contribution is -2.48. The van der Waals surface area contributed by atoms with Crippen LogP contribution >= 0.6 is 0 Å². The maximum atomic E-state index is 12.3. The fourth-order valence-electron chi connectivity index (χ4n) is 2.46. The SMILES string of the molecule is CC(C)(C)OC(=O)N(CCC[C@H](N)CNCc1ccccc1N)C(=N)N[N+](=O)[O-]. The molecule has 0 bridgehead atoms. The molecule has 29 heavy (non-hydrogen) atoms. The van der Waals surface area contributed by atoms with E-state index in [-0.39, 0.29) is 12.6 Å². The number of carbonyl (C=O) groups is 1. The number of nitrogen functional groups attached to an aromatic ring is 1. The van der Waals surface area contributed by atoms with Crippen molar-refractivity contribution in [3.05, 3.63) is 39.9 Å². The molecule has 0 spiro atoms. The molecule has 1 aromatic rings.